The highest BCUT2D eigenvalue weighted by atomic mass is 32.2. The van der Waals surface area contributed by atoms with E-state index in [9.17, 15) is 8.42 Å². The van der Waals surface area contributed by atoms with Crippen molar-refractivity contribution in [1.29, 1.82) is 0 Å². The molecule has 1 aromatic carbocycles. The van der Waals surface area contributed by atoms with Crippen LogP contribution in [0.15, 0.2) is 41.7 Å². The van der Waals surface area contributed by atoms with Crippen LogP contribution in [-0.4, -0.2) is 65.7 Å². The molecule has 0 radical (unpaired) electrons. The van der Waals surface area contributed by atoms with Gasteiger partial charge in [-0.25, -0.2) is 13.4 Å². The number of hydrogen-bond acceptors (Lipinski definition) is 5. The molecule has 1 aromatic heterocycles. The van der Waals surface area contributed by atoms with E-state index < -0.39 is 9.84 Å². The quantitative estimate of drug-likeness (QED) is 0.711. The number of piperazine rings is 1. The van der Waals surface area contributed by atoms with E-state index in [0.717, 1.165) is 38.3 Å². The minimum atomic E-state index is -3.34. The molecule has 2 saturated heterocycles. The number of benzene rings is 1. The Balaban J connectivity index is 1.54. The van der Waals surface area contributed by atoms with Gasteiger partial charge in [-0.3, -0.25) is 9.80 Å². The van der Waals surface area contributed by atoms with Crippen LogP contribution in [0.1, 0.15) is 31.0 Å². The lowest BCUT2D eigenvalue weighted by molar-refractivity contribution is 0.0974. The predicted molar refractivity (Wildman–Crippen MR) is 110 cm³/mol. The third-order valence-electron chi connectivity index (χ3n) is 6.08. The molecule has 3 heterocycles. The lowest BCUT2D eigenvalue weighted by atomic mass is 10.1. The summed E-state index contributed by atoms with van der Waals surface area (Å²) >= 11 is 0. The minimum absolute atomic E-state index is 0.0789. The molecule has 152 valence electrons. The van der Waals surface area contributed by atoms with Gasteiger partial charge in [0.25, 0.3) is 0 Å². The predicted octanol–water partition coefficient (Wildman–Crippen LogP) is 2.20. The van der Waals surface area contributed by atoms with E-state index in [1.807, 2.05) is 22.8 Å². The molecule has 1 unspecified atom stereocenters. The topological polar surface area (TPSA) is 58.4 Å². The molecular weight excluding hydrogens is 372 g/mol. The summed E-state index contributed by atoms with van der Waals surface area (Å²) in [5.74, 6) is 0.0789. The highest BCUT2D eigenvalue weighted by Gasteiger charge is 2.31. The van der Waals surface area contributed by atoms with Crippen LogP contribution in [0.5, 0.6) is 0 Å². The van der Waals surface area contributed by atoms with Crippen molar-refractivity contribution in [2.24, 2.45) is 0 Å². The highest BCUT2D eigenvalue weighted by molar-refractivity contribution is 7.91. The molecule has 1 atom stereocenters. The summed E-state index contributed by atoms with van der Waals surface area (Å²) in [5, 5.41) is 0.223. The zero-order chi connectivity index (χ0) is 19.6. The molecule has 2 fully saturated rings. The Hall–Kier alpha value is -1.70. The van der Waals surface area contributed by atoms with Crippen LogP contribution in [0.3, 0.4) is 0 Å². The van der Waals surface area contributed by atoms with E-state index in [1.165, 1.54) is 24.9 Å². The van der Waals surface area contributed by atoms with Gasteiger partial charge in [0.05, 0.1) is 17.6 Å². The average molecular weight is 403 g/mol. The summed E-state index contributed by atoms with van der Waals surface area (Å²) in [6.07, 6.45) is 5.15. The van der Waals surface area contributed by atoms with Crippen molar-refractivity contribution >= 4 is 9.84 Å². The molecule has 0 aliphatic carbocycles. The number of nitrogens with zero attached hydrogens (tertiary/aromatic N) is 4. The van der Waals surface area contributed by atoms with Crippen molar-refractivity contribution in [3.05, 3.63) is 47.8 Å². The van der Waals surface area contributed by atoms with Gasteiger partial charge in [-0.1, -0.05) is 37.3 Å². The Kier molecular flexibility index (Phi) is 5.85. The molecule has 0 spiro atoms. The standard InChI is InChI=1S/C21H30N4O2S/c1-2-28(26,27)21-22-15-20(25(21)12-10-18-7-4-3-5-8-18)17-23-13-14-24-11-6-9-19(24)16-23/h3-5,7-8,15,19H,2,6,9-14,16-17H2,1H3. The second-order valence-electron chi connectivity index (χ2n) is 7.89. The fourth-order valence-electron chi connectivity index (χ4n) is 4.45. The molecule has 7 heteroatoms. The summed E-state index contributed by atoms with van der Waals surface area (Å²) in [7, 11) is -3.34. The zero-order valence-electron chi connectivity index (χ0n) is 16.6. The van der Waals surface area contributed by atoms with Crippen LogP contribution in [-0.2, 0) is 29.3 Å². The van der Waals surface area contributed by atoms with Gasteiger partial charge in [0.15, 0.2) is 0 Å². The van der Waals surface area contributed by atoms with Crippen molar-refractivity contribution in [3.8, 4) is 0 Å². The maximum absolute atomic E-state index is 12.6. The second kappa shape index (κ2) is 8.35. The van der Waals surface area contributed by atoms with Gasteiger partial charge in [0, 0.05) is 38.8 Å². The average Bonchev–Trinajstić information content (AvgIpc) is 3.34. The Morgan fingerprint density at radius 1 is 1.14 bits per heavy atom. The first-order valence-corrected chi connectivity index (χ1v) is 12.0. The van der Waals surface area contributed by atoms with Crippen molar-refractivity contribution in [2.45, 2.75) is 50.5 Å². The van der Waals surface area contributed by atoms with Crippen LogP contribution >= 0.6 is 0 Å². The number of sulfone groups is 1. The lowest BCUT2D eigenvalue weighted by Crippen LogP contribution is -2.49. The Bertz CT molecular complexity index is 894. The van der Waals surface area contributed by atoms with E-state index in [0.29, 0.717) is 12.6 Å². The zero-order valence-corrected chi connectivity index (χ0v) is 17.4. The van der Waals surface area contributed by atoms with Crippen LogP contribution in [0.4, 0.5) is 0 Å². The Morgan fingerprint density at radius 3 is 2.75 bits per heavy atom. The Morgan fingerprint density at radius 2 is 1.96 bits per heavy atom. The first-order valence-electron chi connectivity index (χ1n) is 10.3. The lowest BCUT2D eigenvalue weighted by Gasteiger charge is -2.37. The molecule has 2 aromatic rings. The summed E-state index contributed by atoms with van der Waals surface area (Å²) in [6, 6.07) is 10.9. The Labute approximate surface area is 168 Å². The van der Waals surface area contributed by atoms with Crippen LogP contribution in [0.25, 0.3) is 0 Å². The molecule has 0 bridgehead atoms. The molecule has 4 rings (SSSR count). The van der Waals surface area contributed by atoms with Gasteiger partial charge in [-0.05, 0) is 31.4 Å². The van der Waals surface area contributed by atoms with E-state index in [4.69, 9.17) is 0 Å². The van der Waals surface area contributed by atoms with Crippen molar-refractivity contribution < 1.29 is 8.42 Å². The number of hydrogen-bond donors (Lipinski definition) is 0. The van der Waals surface area contributed by atoms with E-state index >= 15 is 0 Å². The molecule has 28 heavy (non-hydrogen) atoms. The fourth-order valence-corrected chi connectivity index (χ4v) is 5.46. The van der Waals surface area contributed by atoms with Gasteiger partial charge < -0.3 is 4.57 Å². The highest BCUT2D eigenvalue weighted by Crippen LogP contribution is 2.23. The van der Waals surface area contributed by atoms with Gasteiger partial charge in [-0.2, -0.15) is 0 Å². The maximum Gasteiger partial charge on any atom is 0.227 e. The van der Waals surface area contributed by atoms with Gasteiger partial charge in [0.1, 0.15) is 0 Å². The number of fused-ring (bicyclic) bond motifs is 1. The van der Waals surface area contributed by atoms with E-state index in [1.54, 1.807) is 13.1 Å². The molecule has 2 aliphatic heterocycles. The van der Waals surface area contributed by atoms with Crippen LogP contribution in [0, 0.1) is 0 Å². The summed E-state index contributed by atoms with van der Waals surface area (Å²) in [5.41, 5.74) is 2.22. The van der Waals surface area contributed by atoms with Crippen molar-refractivity contribution in [3.63, 3.8) is 0 Å². The number of aryl methyl sites for hydroxylation is 1. The molecule has 0 saturated carbocycles. The van der Waals surface area contributed by atoms with Gasteiger partial charge in [-0.15, -0.1) is 0 Å². The minimum Gasteiger partial charge on any atom is -0.317 e. The van der Waals surface area contributed by atoms with Crippen LogP contribution < -0.4 is 0 Å². The van der Waals surface area contributed by atoms with Crippen LogP contribution in [0.2, 0.25) is 0 Å². The monoisotopic (exact) mass is 402 g/mol. The summed E-state index contributed by atoms with van der Waals surface area (Å²) < 4.78 is 27.1. The number of rotatable bonds is 7. The van der Waals surface area contributed by atoms with E-state index in [-0.39, 0.29) is 10.9 Å². The molecule has 0 N–H and O–H groups in total. The number of aromatic nitrogens is 2. The summed E-state index contributed by atoms with van der Waals surface area (Å²) in [6.45, 7) is 7.54. The van der Waals surface area contributed by atoms with Gasteiger partial charge >= 0.3 is 0 Å². The molecule has 0 amide bonds. The maximum atomic E-state index is 12.6. The third kappa shape index (κ3) is 4.16. The van der Waals surface area contributed by atoms with Gasteiger partial charge in [0.2, 0.25) is 15.0 Å². The SMILES string of the molecule is CCS(=O)(=O)c1ncc(CN2CCN3CCCC3C2)n1CCc1ccccc1. The van der Waals surface area contributed by atoms with E-state index in [2.05, 4.69) is 26.9 Å². The fraction of sp³-hybridized carbons (Fsp3) is 0.571. The number of imidazole rings is 1. The second-order valence-corrected chi connectivity index (χ2v) is 10.1. The molecular formula is C21H30N4O2S. The first-order chi connectivity index (χ1) is 13.6. The third-order valence-corrected chi connectivity index (χ3v) is 7.73. The largest absolute Gasteiger partial charge is 0.317 e. The first kappa shape index (κ1) is 19.6. The molecule has 6 nitrogen and oxygen atoms in total. The normalized spacial score (nSPS) is 21.1. The smallest absolute Gasteiger partial charge is 0.227 e. The van der Waals surface area contributed by atoms with Crippen molar-refractivity contribution in [1.82, 2.24) is 19.4 Å². The molecule has 2 aliphatic rings. The van der Waals surface area contributed by atoms with Crippen molar-refractivity contribution in [2.75, 3.05) is 31.9 Å². The summed E-state index contributed by atoms with van der Waals surface area (Å²) in [4.78, 5) is 9.40.